The van der Waals surface area contributed by atoms with Crippen molar-refractivity contribution in [1.82, 2.24) is 4.98 Å². The lowest BCUT2D eigenvalue weighted by Crippen LogP contribution is -2.18. The highest BCUT2D eigenvalue weighted by Gasteiger charge is 2.17. The first-order chi connectivity index (χ1) is 8.28. The molecule has 1 saturated heterocycles. The number of carbonyl (C=O) groups excluding carboxylic acids is 1. The minimum absolute atomic E-state index is 0.228. The minimum Gasteiger partial charge on any atom is -0.466 e. The van der Waals surface area contributed by atoms with Crippen molar-refractivity contribution in [3.63, 3.8) is 0 Å². The molecule has 1 aromatic heterocycles. The molecule has 1 unspecified atom stereocenters. The second-order valence-corrected chi connectivity index (χ2v) is 4.69. The van der Waals surface area contributed by atoms with Crippen LogP contribution < -0.4 is 5.32 Å². The van der Waals surface area contributed by atoms with Crippen molar-refractivity contribution in [3.05, 3.63) is 11.1 Å². The van der Waals surface area contributed by atoms with Gasteiger partial charge in [-0.15, -0.1) is 11.3 Å². The van der Waals surface area contributed by atoms with Gasteiger partial charge in [-0.25, -0.2) is 4.98 Å². The maximum Gasteiger partial charge on any atom is 0.311 e. The monoisotopic (exact) mass is 256 g/mol. The zero-order valence-electron chi connectivity index (χ0n) is 9.77. The fourth-order valence-corrected chi connectivity index (χ4v) is 2.43. The van der Waals surface area contributed by atoms with Crippen LogP contribution in [0.15, 0.2) is 5.38 Å². The molecule has 94 valence electrons. The number of hydrogen-bond donors (Lipinski definition) is 1. The topological polar surface area (TPSA) is 60.5 Å². The summed E-state index contributed by atoms with van der Waals surface area (Å²) in [4.78, 5) is 15.6. The summed E-state index contributed by atoms with van der Waals surface area (Å²) in [7, 11) is 0. The van der Waals surface area contributed by atoms with Crippen LogP contribution in [0.3, 0.4) is 0 Å². The highest BCUT2D eigenvalue weighted by Crippen LogP contribution is 2.19. The Labute approximate surface area is 104 Å². The van der Waals surface area contributed by atoms with Crippen LogP contribution in [0.25, 0.3) is 0 Å². The molecular formula is C11H16N2O3S. The van der Waals surface area contributed by atoms with Crippen LogP contribution in [-0.4, -0.2) is 36.8 Å². The SMILES string of the molecule is CCOC(=O)Cc1csc(NC2CCOC2)n1. The molecule has 0 aromatic carbocycles. The molecule has 0 saturated carbocycles. The van der Waals surface area contributed by atoms with Crippen LogP contribution in [-0.2, 0) is 20.7 Å². The van der Waals surface area contributed by atoms with Gasteiger partial charge >= 0.3 is 5.97 Å². The lowest BCUT2D eigenvalue weighted by Gasteiger charge is -2.07. The van der Waals surface area contributed by atoms with Gasteiger partial charge in [-0.05, 0) is 13.3 Å². The fraction of sp³-hybridized carbons (Fsp3) is 0.636. The van der Waals surface area contributed by atoms with Crippen molar-refractivity contribution in [2.45, 2.75) is 25.8 Å². The molecule has 1 aromatic rings. The number of ether oxygens (including phenoxy) is 2. The summed E-state index contributed by atoms with van der Waals surface area (Å²) < 4.78 is 10.1. The summed E-state index contributed by atoms with van der Waals surface area (Å²) in [5.41, 5.74) is 0.759. The van der Waals surface area contributed by atoms with Gasteiger partial charge in [0.05, 0.1) is 31.4 Å². The van der Waals surface area contributed by atoms with E-state index in [4.69, 9.17) is 9.47 Å². The molecule has 0 amide bonds. The van der Waals surface area contributed by atoms with Crippen LogP contribution in [0.5, 0.6) is 0 Å². The Morgan fingerprint density at radius 1 is 1.76 bits per heavy atom. The average molecular weight is 256 g/mol. The summed E-state index contributed by atoms with van der Waals surface area (Å²) in [6.45, 7) is 3.74. The fourth-order valence-electron chi connectivity index (χ4n) is 1.64. The van der Waals surface area contributed by atoms with Gasteiger partial charge in [0.15, 0.2) is 5.13 Å². The third-order valence-corrected chi connectivity index (χ3v) is 3.26. The molecule has 1 atom stereocenters. The number of hydrogen-bond acceptors (Lipinski definition) is 6. The number of nitrogens with one attached hydrogen (secondary N) is 1. The number of nitrogens with zero attached hydrogens (tertiary/aromatic N) is 1. The van der Waals surface area contributed by atoms with Crippen LogP contribution in [0, 0.1) is 0 Å². The van der Waals surface area contributed by atoms with E-state index in [1.54, 1.807) is 6.92 Å². The van der Waals surface area contributed by atoms with E-state index in [1.165, 1.54) is 11.3 Å². The van der Waals surface area contributed by atoms with E-state index < -0.39 is 0 Å². The largest absolute Gasteiger partial charge is 0.466 e. The van der Waals surface area contributed by atoms with E-state index in [0.717, 1.165) is 30.5 Å². The average Bonchev–Trinajstić information content (AvgIpc) is 2.91. The van der Waals surface area contributed by atoms with Gasteiger partial charge in [0.1, 0.15) is 0 Å². The Hall–Kier alpha value is -1.14. The van der Waals surface area contributed by atoms with E-state index in [1.807, 2.05) is 5.38 Å². The van der Waals surface area contributed by atoms with Gasteiger partial charge in [-0.3, -0.25) is 4.79 Å². The first-order valence-electron chi connectivity index (χ1n) is 5.72. The Balaban J connectivity index is 1.84. The molecule has 0 radical (unpaired) electrons. The van der Waals surface area contributed by atoms with Crippen LogP contribution in [0.2, 0.25) is 0 Å². The highest BCUT2D eigenvalue weighted by molar-refractivity contribution is 7.13. The lowest BCUT2D eigenvalue weighted by molar-refractivity contribution is -0.142. The van der Waals surface area contributed by atoms with Crippen molar-refractivity contribution in [3.8, 4) is 0 Å². The third-order valence-electron chi connectivity index (χ3n) is 2.44. The molecule has 2 rings (SSSR count). The summed E-state index contributed by atoms with van der Waals surface area (Å²) in [5.74, 6) is -0.228. The van der Waals surface area contributed by atoms with Crippen molar-refractivity contribution < 1.29 is 14.3 Å². The maximum atomic E-state index is 11.3. The molecule has 1 fully saturated rings. The van der Waals surface area contributed by atoms with E-state index in [0.29, 0.717) is 12.6 Å². The summed E-state index contributed by atoms with van der Waals surface area (Å²) in [5, 5.41) is 6.03. The van der Waals surface area contributed by atoms with Crippen LogP contribution in [0.4, 0.5) is 5.13 Å². The molecule has 1 aliphatic rings. The molecule has 5 nitrogen and oxygen atoms in total. The molecule has 1 aliphatic heterocycles. The van der Waals surface area contributed by atoms with Crippen molar-refractivity contribution in [2.75, 3.05) is 25.1 Å². The van der Waals surface area contributed by atoms with Crippen molar-refractivity contribution in [1.29, 1.82) is 0 Å². The van der Waals surface area contributed by atoms with Crippen LogP contribution in [0.1, 0.15) is 19.0 Å². The predicted molar refractivity (Wildman–Crippen MR) is 65.3 cm³/mol. The predicted octanol–water partition coefficient (Wildman–Crippen LogP) is 1.45. The summed E-state index contributed by atoms with van der Waals surface area (Å²) in [6.07, 6.45) is 1.25. The van der Waals surface area contributed by atoms with Gasteiger partial charge in [-0.2, -0.15) is 0 Å². The lowest BCUT2D eigenvalue weighted by atomic mass is 10.3. The Kier molecular flexibility index (Phi) is 4.33. The number of esters is 1. The number of thiazole rings is 1. The highest BCUT2D eigenvalue weighted by atomic mass is 32.1. The van der Waals surface area contributed by atoms with E-state index in [-0.39, 0.29) is 12.4 Å². The second kappa shape index (κ2) is 5.97. The van der Waals surface area contributed by atoms with Gasteiger partial charge in [-0.1, -0.05) is 0 Å². The van der Waals surface area contributed by atoms with Crippen LogP contribution >= 0.6 is 11.3 Å². The van der Waals surface area contributed by atoms with E-state index in [2.05, 4.69) is 10.3 Å². The maximum absolute atomic E-state index is 11.3. The molecular weight excluding hydrogens is 240 g/mol. The number of rotatable bonds is 5. The summed E-state index contributed by atoms with van der Waals surface area (Å²) >= 11 is 1.51. The van der Waals surface area contributed by atoms with Gasteiger partial charge in [0, 0.05) is 12.0 Å². The zero-order valence-corrected chi connectivity index (χ0v) is 10.6. The second-order valence-electron chi connectivity index (χ2n) is 3.83. The first-order valence-corrected chi connectivity index (χ1v) is 6.60. The number of anilines is 1. The third kappa shape index (κ3) is 3.67. The number of aromatic nitrogens is 1. The van der Waals surface area contributed by atoms with E-state index >= 15 is 0 Å². The molecule has 0 spiro atoms. The Morgan fingerprint density at radius 3 is 3.35 bits per heavy atom. The van der Waals surface area contributed by atoms with E-state index in [9.17, 15) is 4.79 Å². The quantitative estimate of drug-likeness (QED) is 0.808. The molecule has 1 N–H and O–H groups in total. The normalized spacial score (nSPS) is 19.2. The first kappa shape index (κ1) is 12.3. The minimum atomic E-state index is -0.228. The standard InChI is InChI=1S/C11H16N2O3S/c1-2-16-10(14)5-9-7-17-11(13-9)12-8-3-4-15-6-8/h7-8H,2-6H2,1H3,(H,12,13). The molecule has 2 heterocycles. The number of carbonyl (C=O) groups is 1. The Bertz CT molecular complexity index is 375. The van der Waals surface area contributed by atoms with Gasteiger partial charge in [0.2, 0.25) is 0 Å². The smallest absolute Gasteiger partial charge is 0.311 e. The van der Waals surface area contributed by atoms with Crippen molar-refractivity contribution >= 4 is 22.4 Å². The molecule has 17 heavy (non-hydrogen) atoms. The zero-order chi connectivity index (χ0) is 12.1. The van der Waals surface area contributed by atoms with Gasteiger partial charge < -0.3 is 14.8 Å². The van der Waals surface area contributed by atoms with Crippen molar-refractivity contribution in [2.24, 2.45) is 0 Å². The van der Waals surface area contributed by atoms with Gasteiger partial charge in [0.25, 0.3) is 0 Å². The summed E-state index contributed by atoms with van der Waals surface area (Å²) in [6, 6.07) is 0.344. The molecule has 0 bridgehead atoms. The molecule has 6 heteroatoms. The Morgan fingerprint density at radius 2 is 2.65 bits per heavy atom. The molecule has 0 aliphatic carbocycles.